The minimum absolute atomic E-state index is 0.173. The maximum Gasteiger partial charge on any atom is 0.410 e. The molecule has 0 saturated carbocycles. The minimum atomic E-state index is -0.404. The van der Waals surface area contributed by atoms with Crippen molar-refractivity contribution in [3.05, 3.63) is 0 Å². The molecule has 5 heteroatoms. The zero-order valence-electron chi connectivity index (χ0n) is 13.0. The molecular weight excluding hydrogens is 256 g/mol. The van der Waals surface area contributed by atoms with Crippen LogP contribution in [-0.4, -0.2) is 55.5 Å². The Morgan fingerprint density at radius 1 is 1.25 bits per heavy atom. The average Bonchev–Trinajstić information content (AvgIpc) is 2.31. The van der Waals surface area contributed by atoms with Crippen molar-refractivity contribution in [1.29, 1.82) is 0 Å². The Morgan fingerprint density at radius 2 is 1.90 bits per heavy atom. The van der Waals surface area contributed by atoms with Gasteiger partial charge in [-0.25, -0.2) is 4.79 Å². The molecule has 0 atom stereocenters. The monoisotopic (exact) mass is 284 g/mol. The Kier molecular flexibility index (Phi) is 5.27. The number of amides is 1. The Balaban J connectivity index is 1.60. The van der Waals surface area contributed by atoms with Crippen LogP contribution >= 0.6 is 0 Å². The highest BCUT2D eigenvalue weighted by molar-refractivity contribution is 5.68. The molecular formula is C15H28N2O3. The van der Waals surface area contributed by atoms with Crippen molar-refractivity contribution in [2.45, 2.75) is 51.7 Å². The standard InChI is InChI=1S/C15H28N2O3/c1-15(2,3)20-14(18)17-7-4-12(5-8-17)6-9-19-13-10-16-11-13/h12-13,16H,4-11H2,1-3H3. The van der Waals surface area contributed by atoms with Gasteiger partial charge in [0.1, 0.15) is 5.60 Å². The van der Waals surface area contributed by atoms with E-state index in [1.54, 1.807) is 0 Å². The molecule has 2 aliphatic heterocycles. The average molecular weight is 284 g/mol. The van der Waals surface area contributed by atoms with Gasteiger partial charge in [-0.2, -0.15) is 0 Å². The normalized spacial score (nSPS) is 21.6. The van der Waals surface area contributed by atoms with E-state index in [2.05, 4.69) is 5.32 Å². The van der Waals surface area contributed by atoms with Crippen molar-refractivity contribution < 1.29 is 14.3 Å². The highest BCUT2D eigenvalue weighted by atomic mass is 16.6. The highest BCUT2D eigenvalue weighted by Crippen LogP contribution is 2.22. The summed E-state index contributed by atoms with van der Waals surface area (Å²) < 4.78 is 11.2. The lowest BCUT2D eigenvalue weighted by Crippen LogP contribution is -2.48. The quantitative estimate of drug-likeness (QED) is 0.858. The third-order valence-corrected chi connectivity index (χ3v) is 3.89. The van der Waals surface area contributed by atoms with E-state index in [0.29, 0.717) is 12.0 Å². The first-order chi connectivity index (χ1) is 9.44. The molecule has 5 nitrogen and oxygen atoms in total. The van der Waals surface area contributed by atoms with Gasteiger partial charge in [-0.05, 0) is 46.0 Å². The molecule has 0 aliphatic carbocycles. The van der Waals surface area contributed by atoms with E-state index in [0.717, 1.165) is 52.0 Å². The van der Waals surface area contributed by atoms with E-state index in [1.807, 2.05) is 25.7 Å². The summed E-state index contributed by atoms with van der Waals surface area (Å²) in [5, 5.41) is 3.20. The first-order valence-corrected chi connectivity index (χ1v) is 7.74. The van der Waals surface area contributed by atoms with Gasteiger partial charge < -0.3 is 19.7 Å². The number of rotatable bonds is 4. The molecule has 2 heterocycles. The number of hydrogen-bond acceptors (Lipinski definition) is 4. The summed E-state index contributed by atoms with van der Waals surface area (Å²) in [6, 6.07) is 0. The van der Waals surface area contributed by atoms with Crippen molar-refractivity contribution >= 4 is 6.09 Å². The molecule has 0 unspecified atom stereocenters. The predicted octanol–water partition coefficient (Wildman–Crippen LogP) is 2.01. The van der Waals surface area contributed by atoms with Crippen LogP contribution in [0.1, 0.15) is 40.0 Å². The molecule has 0 aromatic heterocycles. The molecule has 2 fully saturated rings. The van der Waals surface area contributed by atoms with Crippen LogP contribution in [-0.2, 0) is 9.47 Å². The summed E-state index contributed by atoms with van der Waals surface area (Å²) in [4.78, 5) is 13.8. The lowest BCUT2D eigenvalue weighted by Gasteiger charge is -2.34. The number of carbonyl (C=O) groups is 1. The second-order valence-corrected chi connectivity index (χ2v) is 6.85. The molecule has 2 rings (SSSR count). The van der Waals surface area contributed by atoms with Crippen LogP contribution in [0.3, 0.4) is 0 Å². The minimum Gasteiger partial charge on any atom is -0.444 e. The van der Waals surface area contributed by atoms with Crippen LogP contribution in [0.4, 0.5) is 4.79 Å². The smallest absolute Gasteiger partial charge is 0.410 e. The maximum atomic E-state index is 11.9. The third kappa shape index (κ3) is 4.94. The lowest BCUT2D eigenvalue weighted by atomic mass is 9.94. The fourth-order valence-electron chi connectivity index (χ4n) is 2.51. The molecule has 116 valence electrons. The Labute approximate surface area is 122 Å². The van der Waals surface area contributed by atoms with Gasteiger partial charge in [0.05, 0.1) is 6.10 Å². The van der Waals surface area contributed by atoms with Gasteiger partial charge in [-0.15, -0.1) is 0 Å². The van der Waals surface area contributed by atoms with Crippen LogP contribution in [0.2, 0.25) is 0 Å². The van der Waals surface area contributed by atoms with E-state index >= 15 is 0 Å². The zero-order valence-corrected chi connectivity index (χ0v) is 13.0. The Hall–Kier alpha value is -0.810. The van der Waals surface area contributed by atoms with Crippen molar-refractivity contribution in [2.24, 2.45) is 5.92 Å². The van der Waals surface area contributed by atoms with E-state index in [9.17, 15) is 4.79 Å². The highest BCUT2D eigenvalue weighted by Gasteiger charge is 2.27. The molecule has 0 radical (unpaired) electrons. The molecule has 0 bridgehead atoms. The van der Waals surface area contributed by atoms with E-state index in [1.165, 1.54) is 0 Å². The van der Waals surface area contributed by atoms with Crippen molar-refractivity contribution in [2.75, 3.05) is 32.8 Å². The number of piperidine rings is 1. The molecule has 2 aliphatic rings. The molecule has 1 N–H and O–H groups in total. The Bertz CT molecular complexity index is 316. The molecule has 20 heavy (non-hydrogen) atoms. The molecule has 2 saturated heterocycles. The molecule has 0 aromatic carbocycles. The van der Waals surface area contributed by atoms with Crippen LogP contribution in [0.5, 0.6) is 0 Å². The van der Waals surface area contributed by atoms with E-state index in [-0.39, 0.29) is 6.09 Å². The number of carbonyl (C=O) groups excluding carboxylic acids is 1. The Morgan fingerprint density at radius 3 is 2.40 bits per heavy atom. The van der Waals surface area contributed by atoms with Crippen LogP contribution in [0.25, 0.3) is 0 Å². The predicted molar refractivity (Wildman–Crippen MR) is 77.8 cm³/mol. The van der Waals surface area contributed by atoms with Gasteiger partial charge in [0.15, 0.2) is 0 Å². The largest absolute Gasteiger partial charge is 0.444 e. The third-order valence-electron chi connectivity index (χ3n) is 3.89. The molecule has 0 aromatic rings. The second kappa shape index (κ2) is 6.76. The SMILES string of the molecule is CC(C)(C)OC(=O)N1CCC(CCOC2CNC2)CC1. The lowest BCUT2D eigenvalue weighted by molar-refractivity contribution is 0.00274. The summed E-state index contributed by atoms with van der Waals surface area (Å²) in [6.07, 6.45) is 3.49. The number of hydrogen-bond donors (Lipinski definition) is 1. The van der Waals surface area contributed by atoms with E-state index in [4.69, 9.17) is 9.47 Å². The first kappa shape index (κ1) is 15.6. The number of nitrogens with zero attached hydrogens (tertiary/aromatic N) is 1. The van der Waals surface area contributed by atoms with Gasteiger partial charge in [-0.3, -0.25) is 0 Å². The van der Waals surface area contributed by atoms with Crippen molar-refractivity contribution in [3.63, 3.8) is 0 Å². The molecule has 0 spiro atoms. The van der Waals surface area contributed by atoms with Gasteiger partial charge >= 0.3 is 6.09 Å². The first-order valence-electron chi connectivity index (χ1n) is 7.74. The fourth-order valence-corrected chi connectivity index (χ4v) is 2.51. The summed E-state index contributed by atoms with van der Waals surface area (Å²) in [5.74, 6) is 0.682. The number of nitrogens with one attached hydrogen (secondary N) is 1. The van der Waals surface area contributed by atoms with Crippen LogP contribution in [0.15, 0.2) is 0 Å². The number of likely N-dealkylation sites (tertiary alicyclic amines) is 1. The summed E-state index contributed by atoms with van der Waals surface area (Å²) in [7, 11) is 0. The summed E-state index contributed by atoms with van der Waals surface area (Å²) in [5.41, 5.74) is -0.404. The van der Waals surface area contributed by atoms with Crippen LogP contribution in [0, 0.1) is 5.92 Å². The summed E-state index contributed by atoms with van der Waals surface area (Å²) in [6.45, 7) is 10.2. The van der Waals surface area contributed by atoms with Gasteiger partial charge in [-0.1, -0.05) is 0 Å². The number of ether oxygens (including phenoxy) is 2. The zero-order chi connectivity index (χ0) is 14.6. The maximum absolute atomic E-state index is 11.9. The van der Waals surface area contributed by atoms with Gasteiger partial charge in [0.25, 0.3) is 0 Å². The van der Waals surface area contributed by atoms with Crippen LogP contribution < -0.4 is 5.32 Å². The van der Waals surface area contributed by atoms with Crippen molar-refractivity contribution in [1.82, 2.24) is 10.2 Å². The summed E-state index contributed by atoms with van der Waals surface area (Å²) >= 11 is 0. The fraction of sp³-hybridized carbons (Fsp3) is 0.933. The van der Waals surface area contributed by atoms with Crippen molar-refractivity contribution in [3.8, 4) is 0 Å². The van der Waals surface area contributed by atoms with Gasteiger partial charge in [0.2, 0.25) is 0 Å². The molecule has 1 amide bonds. The van der Waals surface area contributed by atoms with E-state index < -0.39 is 5.60 Å². The topological polar surface area (TPSA) is 50.8 Å². The van der Waals surface area contributed by atoms with Gasteiger partial charge in [0, 0.05) is 32.8 Å². The second-order valence-electron chi connectivity index (χ2n) is 6.85.